The van der Waals surface area contributed by atoms with Crippen molar-refractivity contribution in [3.63, 3.8) is 0 Å². The predicted octanol–water partition coefficient (Wildman–Crippen LogP) is 6.13. The van der Waals surface area contributed by atoms with Crippen molar-refractivity contribution in [2.24, 2.45) is 11.8 Å². The SMILES string of the molecule is CC1=CC(C)C(C(=O)P(=O)(C(=O)c2c(C)cc(C)cc2C)c2ccccc2)C(C)=C1. The third-order valence-corrected chi connectivity index (χ3v) is 8.59. The number of hydrogen-bond acceptors (Lipinski definition) is 3. The van der Waals surface area contributed by atoms with Gasteiger partial charge in [-0.1, -0.05) is 78.3 Å². The Hall–Kier alpha value is -2.51. The summed E-state index contributed by atoms with van der Waals surface area (Å²) in [6.45, 7) is 11.5. The molecule has 0 radical (unpaired) electrons. The minimum Gasteiger partial charge on any atom is -0.302 e. The van der Waals surface area contributed by atoms with E-state index in [2.05, 4.69) is 0 Å². The van der Waals surface area contributed by atoms with Crippen LogP contribution in [0, 0.1) is 32.6 Å². The molecule has 3 rings (SSSR count). The number of carbonyl (C=O) groups excluding carboxylic acids is 2. The lowest BCUT2D eigenvalue weighted by Gasteiger charge is -2.29. The Labute approximate surface area is 179 Å². The summed E-state index contributed by atoms with van der Waals surface area (Å²) in [5.41, 5.74) is 3.84. The minimum absolute atomic E-state index is 0.118. The summed E-state index contributed by atoms with van der Waals surface area (Å²) in [6, 6.07) is 12.3. The number of hydrogen-bond donors (Lipinski definition) is 0. The van der Waals surface area contributed by atoms with Crippen LogP contribution in [-0.4, -0.2) is 11.0 Å². The second kappa shape index (κ2) is 8.32. The number of carbonyl (C=O) groups is 2. The Kier molecular flexibility index (Phi) is 6.15. The molecule has 2 aromatic carbocycles. The van der Waals surface area contributed by atoms with E-state index in [0.29, 0.717) is 10.9 Å². The van der Waals surface area contributed by atoms with E-state index in [4.69, 9.17) is 0 Å². The molecule has 0 amide bonds. The van der Waals surface area contributed by atoms with Crippen molar-refractivity contribution in [3.8, 4) is 0 Å². The predicted molar refractivity (Wildman–Crippen MR) is 124 cm³/mol. The molecule has 0 aromatic heterocycles. The first-order valence-electron chi connectivity index (χ1n) is 10.3. The maximum atomic E-state index is 14.5. The molecule has 30 heavy (non-hydrogen) atoms. The maximum absolute atomic E-state index is 14.5. The quantitative estimate of drug-likeness (QED) is 0.547. The molecule has 0 spiro atoms. The number of allylic oxidation sites excluding steroid dienone is 4. The molecule has 0 saturated heterocycles. The highest BCUT2D eigenvalue weighted by atomic mass is 31.2. The largest absolute Gasteiger partial charge is 0.302 e. The number of rotatable bonds is 5. The fraction of sp³-hybridized carbons (Fsp3) is 0.308. The molecule has 0 saturated carbocycles. The summed E-state index contributed by atoms with van der Waals surface area (Å²) in [7, 11) is -4.06. The van der Waals surface area contributed by atoms with Crippen LogP contribution in [0.4, 0.5) is 0 Å². The Bertz CT molecular complexity index is 1100. The summed E-state index contributed by atoms with van der Waals surface area (Å²) in [5.74, 6) is -0.692. The van der Waals surface area contributed by atoms with Gasteiger partial charge in [0.05, 0.1) is 5.92 Å². The van der Waals surface area contributed by atoms with E-state index in [1.54, 1.807) is 30.3 Å². The molecule has 3 unspecified atom stereocenters. The molecule has 1 aliphatic rings. The molecule has 0 fully saturated rings. The topological polar surface area (TPSA) is 51.2 Å². The molecule has 1 aliphatic carbocycles. The lowest BCUT2D eigenvalue weighted by Crippen LogP contribution is -2.31. The van der Waals surface area contributed by atoms with Gasteiger partial charge in [-0.05, 0) is 51.7 Å². The minimum atomic E-state index is -4.06. The van der Waals surface area contributed by atoms with Crippen molar-refractivity contribution in [2.75, 3.05) is 0 Å². The highest BCUT2D eigenvalue weighted by molar-refractivity contribution is 8.00. The van der Waals surface area contributed by atoms with Crippen molar-refractivity contribution in [1.29, 1.82) is 0 Å². The zero-order chi connectivity index (χ0) is 22.2. The fourth-order valence-corrected chi connectivity index (χ4v) is 7.47. The van der Waals surface area contributed by atoms with Crippen molar-refractivity contribution in [2.45, 2.75) is 41.5 Å². The van der Waals surface area contributed by atoms with Crippen LogP contribution < -0.4 is 5.30 Å². The van der Waals surface area contributed by atoms with Gasteiger partial charge in [-0.15, -0.1) is 0 Å². The van der Waals surface area contributed by atoms with E-state index in [1.165, 1.54) is 0 Å². The Morgan fingerprint density at radius 3 is 2.00 bits per heavy atom. The first-order valence-corrected chi connectivity index (χ1v) is 12.0. The second-order valence-electron chi connectivity index (χ2n) is 8.50. The smallest absolute Gasteiger partial charge is 0.244 e. The third-order valence-electron chi connectivity index (χ3n) is 5.87. The molecule has 0 heterocycles. The van der Waals surface area contributed by atoms with E-state index in [9.17, 15) is 14.2 Å². The lowest BCUT2D eigenvalue weighted by molar-refractivity contribution is -0.115. The van der Waals surface area contributed by atoms with Crippen LogP contribution in [0.15, 0.2) is 65.8 Å². The van der Waals surface area contributed by atoms with Gasteiger partial charge in [0, 0.05) is 10.9 Å². The standard InChI is InChI=1S/C26H29O3P/c1-16-12-18(3)23(19(4)13-16)25(27)30(29,22-10-8-7-9-11-22)26(28)24-20(5)14-17(2)15-21(24)6/h7-15,18,23H,1-6H3. The second-order valence-corrected chi connectivity index (χ2v) is 11.1. The average molecular weight is 420 g/mol. The Morgan fingerprint density at radius 1 is 0.900 bits per heavy atom. The monoisotopic (exact) mass is 420 g/mol. The van der Waals surface area contributed by atoms with Gasteiger partial charge in [-0.3, -0.25) is 9.59 Å². The first kappa shape index (κ1) is 22.2. The molecular formula is C26H29O3P. The van der Waals surface area contributed by atoms with E-state index in [1.807, 2.05) is 65.8 Å². The summed E-state index contributed by atoms with van der Waals surface area (Å²) >= 11 is 0. The number of benzene rings is 2. The summed E-state index contributed by atoms with van der Waals surface area (Å²) in [5, 5.41) is 0.311. The fourth-order valence-electron chi connectivity index (χ4n) is 4.70. The van der Waals surface area contributed by atoms with E-state index >= 15 is 0 Å². The Balaban J connectivity index is 2.22. The Morgan fingerprint density at radius 2 is 1.47 bits per heavy atom. The van der Waals surface area contributed by atoms with Gasteiger partial charge in [0.25, 0.3) is 0 Å². The first-order chi connectivity index (χ1) is 14.1. The van der Waals surface area contributed by atoms with Crippen molar-refractivity contribution in [1.82, 2.24) is 0 Å². The molecule has 0 aliphatic heterocycles. The van der Waals surface area contributed by atoms with Crippen LogP contribution in [0.5, 0.6) is 0 Å². The molecular weight excluding hydrogens is 391 g/mol. The molecule has 2 aromatic rings. The zero-order valence-electron chi connectivity index (χ0n) is 18.5. The molecule has 4 heteroatoms. The van der Waals surface area contributed by atoms with Crippen LogP contribution in [-0.2, 0) is 9.36 Å². The van der Waals surface area contributed by atoms with Gasteiger partial charge < -0.3 is 4.57 Å². The third kappa shape index (κ3) is 3.79. The van der Waals surface area contributed by atoms with Crippen molar-refractivity contribution in [3.05, 3.63) is 88.0 Å². The molecule has 0 bridgehead atoms. The molecule has 3 atom stereocenters. The summed E-state index contributed by atoms with van der Waals surface area (Å²) < 4.78 is 14.5. The van der Waals surface area contributed by atoms with Gasteiger partial charge in [0.1, 0.15) is 0 Å². The van der Waals surface area contributed by atoms with E-state index < -0.39 is 24.1 Å². The molecule has 156 valence electrons. The van der Waals surface area contributed by atoms with Gasteiger partial charge >= 0.3 is 0 Å². The number of aryl methyl sites for hydroxylation is 3. The normalized spacial score (nSPS) is 20.7. The van der Waals surface area contributed by atoms with Crippen molar-refractivity contribution >= 4 is 23.5 Å². The highest BCUT2D eigenvalue weighted by Gasteiger charge is 2.47. The average Bonchev–Trinajstić information content (AvgIpc) is 2.66. The van der Waals surface area contributed by atoms with Gasteiger partial charge in [0.15, 0.2) is 0 Å². The van der Waals surface area contributed by atoms with E-state index in [0.717, 1.165) is 27.8 Å². The molecule has 3 nitrogen and oxygen atoms in total. The van der Waals surface area contributed by atoms with Gasteiger partial charge in [0.2, 0.25) is 18.2 Å². The molecule has 0 N–H and O–H groups in total. The lowest BCUT2D eigenvalue weighted by atomic mass is 9.83. The van der Waals surface area contributed by atoms with Crippen LogP contribution in [0.2, 0.25) is 0 Å². The maximum Gasteiger partial charge on any atom is 0.244 e. The van der Waals surface area contributed by atoms with Crippen LogP contribution in [0.1, 0.15) is 47.8 Å². The zero-order valence-corrected chi connectivity index (χ0v) is 19.4. The van der Waals surface area contributed by atoms with Crippen molar-refractivity contribution < 1.29 is 14.2 Å². The van der Waals surface area contributed by atoms with Crippen LogP contribution >= 0.6 is 7.14 Å². The van der Waals surface area contributed by atoms with Crippen LogP contribution in [0.25, 0.3) is 0 Å². The summed E-state index contributed by atoms with van der Waals surface area (Å²) in [4.78, 5) is 27.8. The van der Waals surface area contributed by atoms with Gasteiger partial charge in [-0.2, -0.15) is 0 Å². The van der Waals surface area contributed by atoms with E-state index in [-0.39, 0.29) is 5.92 Å². The van der Waals surface area contributed by atoms with Crippen LogP contribution in [0.3, 0.4) is 0 Å². The summed E-state index contributed by atoms with van der Waals surface area (Å²) in [6.07, 6.45) is 3.96. The van der Waals surface area contributed by atoms with Gasteiger partial charge in [-0.25, -0.2) is 0 Å². The highest BCUT2D eigenvalue weighted by Crippen LogP contribution is 2.54.